The number of hydrogen-bond acceptors (Lipinski definition) is 2. The molecule has 0 aliphatic heterocycles. The van der Waals surface area contributed by atoms with Gasteiger partial charge in [-0.25, -0.2) is 4.79 Å². The molecule has 0 spiro atoms. The van der Waals surface area contributed by atoms with Gasteiger partial charge in [0.25, 0.3) is 5.91 Å². The number of fused-ring (bicyclic) bond motifs is 1. The van der Waals surface area contributed by atoms with Gasteiger partial charge in [-0.05, 0) is 60.6 Å². The molecule has 2 aromatic rings. The quantitative estimate of drug-likeness (QED) is 0.790. The van der Waals surface area contributed by atoms with Gasteiger partial charge in [0.05, 0.1) is 0 Å². The van der Waals surface area contributed by atoms with Gasteiger partial charge >= 0.3 is 6.03 Å². The van der Waals surface area contributed by atoms with E-state index in [4.69, 9.17) is 5.73 Å². The molecule has 0 radical (unpaired) electrons. The van der Waals surface area contributed by atoms with Crippen molar-refractivity contribution in [1.82, 2.24) is 5.32 Å². The molecule has 0 aromatic heterocycles. The summed E-state index contributed by atoms with van der Waals surface area (Å²) in [7, 11) is 0. The second kappa shape index (κ2) is 7.17. The van der Waals surface area contributed by atoms with Crippen LogP contribution >= 0.6 is 0 Å². The summed E-state index contributed by atoms with van der Waals surface area (Å²) in [6.45, 7) is 0.652. The lowest BCUT2D eigenvalue weighted by Crippen LogP contribution is -2.25. The van der Waals surface area contributed by atoms with E-state index in [1.165, 1.54) is 11.1 Å². The summed E-state index contributed by atoms with van der Waals surface area (Å²) in [4.78, 5) is 22.9. The topological polar surface area (TPSA) is 84.2 Å². The highest BCUT2D eigenvalue weighted by atomic mass is 16.2. The van der Waals surface area contributed by atoms with Crippen molar-refractivity contribution in [3.63, 3.8) is 0 Å². The molecule has 3 amide bonds. The zero-order chi connectivity index (χ0) is 16.9. The van der Waals surface area contributed by atoms with Gasteiger partial charge in [-0.2, -0.15) is 0 Å². The highest BCUT2D eigenvalue weighted by Gasteiger charge is 2.21. The first-order valence-corrected chi connectivity index (χ1v) is 8.16. The number of rotatable bonds is 5. The molecule has 24 heavy (non-hydrogen) atoms. The highest BCUT2D eigenvalue weighted by molar-refractivity contribution is 5.95. The average Bonchev–Trinajstić information content (AvgIpc) is 2.98. The lowest BCUT2D eigenvalue weighted by Gasteiger charge is -2.12. The van der Waals surface area contributed by atoms with Crippen molar-refractivity contribution in [3.8, 4) is 0 Å². The molecule has 3 rings (SSSR count). The largest absolute Gasteiger partial charge is 0.352 e. The Morgan fingerprint density at radius 3 is 2.58 bits per heavy atom. The Morgan fingerprint density at radius 2 is 1.83 bits per heavy atom. The second-order valence-corrected chi connectivity index (χ2v) is 6.05. The van der Waals surface area contributed by atoms with Gasteiger partial charge < -0.3 is 16.4 Å². The molecule has 1 aliphatic rings. The summed E-state index contributed by atoms with van der Waals surface area (Å²) >= 11 is 0. The van der Waals surface area contributed by atoms with Crippen LogP contribution in [-0.4, -0.2) is 18.5 Å². The van der Waals surface area contributed by atoms with E-state index < -0.39 is 6.03 Å². The zero-order valence-electron chi connectivity index (χ0n) is 13.4. The third-order valence-electron chi connectivity index (χ3n) is 4.45. The van der Waals surface area contributed by atoms with Crippen LogP contribution in [0.15, 0.2) is 48.5 Å². The van der Waals surface area contributed by atoms with Gasteiger partial charge in [0.2, 0.25) is 0 Å². The summed E-state index contributed by atoms with van der Waals surface area (Å²) in [5.41, 5.74) is 9.05. The summed E-state index contributed by atoms with van der Waals surface area (Å²) in [5, 5.41) is 5.43. The third-order valence-corrected chi connectivity index (χ3v) is 4.45. The fraction of sp³-hybridized carbons (Fsp3) is 0.263. The normalized spacial score (nSPS) is 15.6. The molecule has 124 valence electrons. The molecule has 4 N–H and O–H groups in total. The van der Waals surface area contributed by atoms with Crippen LogP contribution in [0.5, 0.6) is 0 Å². The van der Waals surface area contributed by atoms with E-state index in [9.17, 15) is 9.59 Å². The van der Waals surface area contributed by atoms with Crippen molar-refractivity contribution in [2.75, 3.05) is 11.9 Å². The zero-order valence-corrected chi connectivity index (χ0v) is 13.4. The van der Waals surface area contributed by atoms with Crippen LogP contribution in [0.3, 0.4) is 0 Å². The first-order valence-electron chi connectivity index (χ1n) is 8.16. The second-order valence-electron chi connectivity index (χ2n) is 6.05. The minimum Gasteiger partial charge on any atom is -0.352 e. The number of primary amides is 1. The number of carbonyl (C=O) groups excluding carboxylic acids is 2. The van der Waals surface area contributed by atoms with Crippen molar-refractivity contribution in [1.29, 1.82) is 0 Å². The maximum atomic E-state index is 12.2. The van der Waals surface area contributed by atoms with Crippen LogP contribution in [0, 0.1) is 0 Å². The molecule has 0 bridgehead atoms. The molecule has 0 heterocycles. The molecule has 0 saturated carbocycles. The van der Waals surface area contributed by atoms with E-state index >= 15 is 0 Å². The average molecular weight is 323 g/mol. The van der Waals surface area contributed by atoms with Crippen molar-refractivity contribution in [2.24, 2.45) is 5.73 Å². The standard InChI is InChI=1S/C19H21N3O2/c20-19(24)22-16-9-7-15(8-10-16)18(23)21-12-11-14-6-5-13-3-1-2-4-17(13)14/h1-4,7-10,14H,5-6,11-12H2,(H,21,23)(H3,20,22,24). The molecule has 2 aromatic carbocycles. The predicted molar refractivity (Wildman–Crippen MR) is 94.1 cm³/mol. The first kappa shape index (κ1) is 16.1. The van der Waals surface area contributed by atoms with E-state index in [0.717, 1.165) is 19.3 Å². The minimum absolute atomic E-state index is 0.105. The number of hydrogen-bond donors (Lipinski definition) is 3. The highest BCUT2D eigenvalue weighted by Crippen LogP contribution is 2.34. The Labute approximate surface area is 141 Å². The summed E-state index contributed by atoms with van der Waals surface area (Å²) in [6, 6.07) is 14.6. The minimum atomic E-state index is -0.621. The summed E-state index contributed by atoms with van der Waals surface area (Å²) < 4.78 is 0. The molecular weight excluding hydrogens is 302 g/mol. The number of aryl methyl sites for hydroxylation is 1. The lowest BCUT2D eigenvalue weighted by molar-refractivity contribution is 0.0952. The third kappa shape index (κ3) is 3.74. The van der Waals surface area contributed by atoms with Crippen molar-refractivity contribution >= 4 is 17.6 Å². The maximum Gasteiger partial charge on any atom is 0.316 e. The van der Waals surface area contributed by atoms with Crippen LogP contribution < -0.4 is 16.4 Å². The Kier molecular flexibility index (Phi) is 4.79. The van der Waals surface area contributed by atoms with Gasteiger partial charge in [-0.15, -0.1) is 0 Å². The molecule has 1 aliphatic carbocycles. The fourth-order valence-corrected chi connectivity index (χ4v) is 3.25. The number of urea groups is 1. The van der Waals surface area contributed by atoms with Crippen LogP contribution in [-0.2, 0) is 6.42 Å². The summed E-state index contributed by atoms with van der Waals surface area (Å²) in [5.74, 6) is 0.426. The van der Waals surface area contributed by atoms with E-state index in [1.807, 2.05) is 0 Å². The smallest absolute Gasteiger partial charge is 0.316 e. The fourth-order valence-electron chi connectivity index (χ4n) is 3.25. The Balaban J connectivity index is 1.50. The van der Waals surface area contributed by atoms with Gasteiger partial charge in [0, 0.05) is 17.8 Å². The lowest BCUT2D eigenvalue weighted by atomic mass is 9.98. The molecule has 5 nitrogen and oxygen atoms in total. The molecular formula is C19H21N3O2. The SMILES string of the molecule is NC(=O)Nc1ccc(C(=O)NCCC2CCc3ccccc32)cc1. The Morgan fingerprint density at radius 1 is 1.08 bits per heavy atom. The predicted octanol–water partition coefficient (Wildman–Crippen LogP) is 3.03. The van der Waals surface area contributed by atoms with Crippen molar-refractivity contribution in [2.45, 2.75) is 25.2 Å². The van der Waals surface area contributed by atoms with Crippen LogP contribution in [0.1, 0.15) is 40.2 Å². The van der Waals surface area contributed by atoms with E-state index in [2.05, 4.69) is 34.9 Å². The molecule has 0 fully saturated rings. The monoisotopic (exact) mass is 323 g/mol. The summed E-state index contributed by atoms with van der Waals surface area (Å²) in [6.07, 6.45) is 3.23. The molecule has 1 atom stereocenters. The van der Waals surface area contributed by atoms with Crippen LogP contribution in [0.2, 0.25) is 0 Å². The van der Waals surface area contributed by atoms with E-state index in [0.29, 0.717) is 23.7 Å². The molecule has 5 heteroatoms. The maximum absolute atomic E-state index is 12.2. The van der Waals surface area contributed by atoms with Crippen molar-refractivity contribution in [3.05, 3.63) is 65.2 Å². The van der Waals surface area contributed by atoms with E-state index in [-0.39, 0.29) is 5.91 Å². The van der Waals surface area contributed by atoms with Gasteiger partial charge in [-0.3, -0.25) is 4.79 Å². The number of amides is 3. The molecule has 0 saturated heterocycles. The number of benzene rings is 2. The number of nitrogens with two attached hydrogens (primary N) is 1. The van der Waals surface area contributed by atoms with Crippen molar-refractivity contribution < 1.29 is 9.59 Å². The Bertz CT molecular complexity index is 741. The first-order chi connectivity index (χ1) is 11.6. The molecule has 1 unspecified atom stereocenters. The van der Waals surface area contributed by atoms with Gasteiger partial charge in [0.1, 0.15) is 0 Å². The number of anilines is 1. The number of nitrogens with one attached hydrogen (secondary N) is 2. The number of carbonyl (C=O) groups is 2. The van der Waals surface area contributed by atoms with Gasteiger partial charge in [-0.1, -0.05) is 24.3 Å². The van der Waals surface area contributed by atoms with Gasteiger partial charge in [0.15, 0.2) is 0 Å². The van der Waals surface area contributed by atoms with E-state index in [1.54, 1.807) is 24.3 Å². The Hall–Kier alpha value is -2.82. The van der Waals surface area contributed by atoms with Crippen LogP contribution in [0.4, 0.5) is 10.5 Å². The van der Waals surface area contributed by atoms with Crippen LogP contribution in [0.25, 0.3) is 0 Å².